The lowest BCUT2D eigenvalue weighted by molar-refractivity contribution is 0.616. The van der Waals surface area contributed by atoms with Crippen LogP contribution >= 0.6 is 11.3 Å². The molecule has 0 fully saturated rings. The van der Waals surface area contributed by atoms with Crippen molar-refractivity contribution in [3.8, 4) is 6.07 Å². The van der Waals surface area contributed by atoms with Gasteiger partial charge in [-0.3, -0.25) is 0 Å². The molecule has 0 saturated heterocycles. The van der Waals surface area contributed by atoms with Crippen molar-refractivity contribution in [2.75, 3.05) is 11.9 Å². The number of hydrogen-bond donors (Lipinski definition) is 1. The van der Waals surface area contributed by atoms with Gasteiger partial charge in [-0.2, -0.15) is 5.26 Å². The summed E-state index contributed by atoms with van der Waals surface area (Å²) in [5, 5.41) is 14.2. The summed E-state index contributed by atoms with van der Waals surface area (Å²) >= 11 is 1.77. The molecule has 0 radical (unpaired) electrons. The fraction of sp³-hybridized carbons (Fsp3) is 0.308. The van der Waals surface area contributed by atoms with Gasteiger partial charge in [-0.25, -0.2) is 9.97 Å². The van der Waals surface area contributed by atoms with E-state index in [9.17, 15) is 0 Å². The normalized spacial score (nSPS) is 11.8. The molecule has 92 valence electrons. The van der Waals surface area contributed by atoms with Crippen LogP contribution in [0.4, 0.5) is 5.82 Å². The Bertz CT molecular complexity index is 530. The Labute approximate surface area is 110 Å². The fourth-order valence-electron chi connectivity index (χ4n) is 1.66. The van der Waals surface area contributed by atoms with Gasteiger partial charge in [0, 0.05) is 23.8 Å². The third kappa shape index (κ3) is 3.28. The second-order valence-electron chi connectivity index (χ2n) is 4.13. The number of nitrogens with one attached hydrogen (secondary N) is 1. The number of nitriles is 1. The van der Waals surface area contributed by atoms with E-state index in [4.69, 9.17) is 5.26 Å². The lowest BCUT2D eigenvalue weighted by Crippen LogP contribution is -2.15. The van der Waals surface area contributed by atoms with Gasteiger partial charge in [-0.1, -0.05) is 13.0 Å². The zero-order chi connectivity index (χ0) is 12.8. The Balaban J connectivity index is 1.89. The number of nitrogens with zero attached hydrogens (tertiary/aromatic N) is 3. The van der Waals surface area contributed by atoms with Crippen LogP contribution < -0.4 is 5.32 Å². The van der Waals surface area contributed by atoms with E-state index < -0.39 is 0 Å². The van der Waals surface area contributed by atoms with E-state index in [1.54, 1.807) is 17.5 Å². The van der Waals surface area contributed by atoms with E-state index in [-0.39, 0.29) is 0 Å². The summed E-state index contributed by atoms with van der Waals surface area (Å²) in [4.78, 5) is 9.47. The quantitative estimate of drug-likeness (QED) is 0.895. The van der Waals surface area contributed by atoms with Crippen LogP contribution in [-0.4, -0.2) is 16.5 Å². The summed E-state index contributed by atoms with van der Waals surface area (Å²) in [6.07, 6.45) is 4.15. The highest BCUT2D eigenvalue weighted by atomic mass is 32.1. The van der Waals surface area contributed by atoms with Crippen molar-refractivity contribution in [2.24, 2.45) is 5.92 Å². The summed E-state index contributed by atoms with van der Waals surface area (Å²) in [6, 6.07) is 6.24. The predicted molar refractivity (Wildman–Crippen MR) is 72.4 cm³/mol. The van der Waals surface area contributed by atoms with Gasteiger partial charge in [0.1, 0.15) is 6.07 Å². The van der Waals surface area contributed by atoms with Gasteiger partial charge >= 0.3 is 0 Å². The Hall–Kier alpha value is -1.93. The molecular weight excluding hydrogens is 244 g/mol. The molecule has 0 unspecified atom stereocenters. The molecule has 1 atom stereocenters. The number of aromatic nitrogens is 2. The van der Waals surface area contributed by atoms with Crippen LogP contribution in [-0.2, 0) is 6.42 Å². The highest BCUT2D eigenvalue weighted by Gasteiger charge is 2.07. The standard InChI is InChI=1S/C13H14N4S/c1-10(7-11-3-2-6-18-11)9-17-13-12(8-14)15-4-5-16-13/h2-6,10H,7,9H2,1H3,(H,16,17)/t10-/m0/s1. The Morgan fingerprint density at radius 1 is 1.44 bits per heavy atom. The molecule has 0 saturated carbocycles. The smallest absolute Gasteiger partial charge is 0.182 e. The van der Waals surface area contributed by atoms with Crippen LogP contribution in [0.25, 0.3) is 0 Å². The highest BCUT2D eigenvalue weighted by molar-refractivity contribution is 7.09. The van der Waals surface area contributed by atoms with E-state index in [1.807, 2.05) is 6.07 Å². The second-order valence-corrected chi connectivity index (χ2v) is 5.17. The van der Waals surface area contributed by atoms with Crippen LogP contribution in [0.5, 0.6) is 0 Å². The third-order valence-corrected chi connectivity index (χ3v) is 3.45. The maximum atomic E-state index is 8.90. The van der Waals surface area contributed by atoms with Crippen molar-refractivity contribution in [1.82, 2.24) is 9.97 Å². The number of rotatable bonds is 5. The lowest BCUT2D eigenvalue weighted by Gasteiger charge is -2.12. The Morgan fingerprint density at radius 3 is 3.00 bits per heavy atom. The summed E-state index contributed by atoms with van der Waals surface area (Å²) in [5.74, 6) is 1.05. The predicted octanol–water partition coefficient (Wildman–Crippen LogP) is 2.70. The lowest BCUT2D eigenvalue weighted by atomic mass is 10.1. The highest BCUT2D eigenvalue weighted by Crippen LogP contribution is 2.15. The van der Waals surface area contributed by atoms with Crippen LogP contribution in [0.3, 0.4) is 0 Å². The number of hydrogen-bond acceptors (Lipinski definition) is 5. The van der Waals surface area contributed by atoms with Crippen molar-refractivity contribution >= 4 is 17.2 Å². The zero-order valence-corrected chi connectivity index (χ0v) is 10.9. The van der Waals surface area contributed by atoms with Gasteiger partial charge in [0.25, 0.3) is 0 Å². The van der Waals surface area contributed by atoms with Crippen molar-refractivity contribution in [3.63, 3.8) is 0 Å². The first-order valence-corrected chi connectivity index (χ1v) is 6.65. The van der Waals surface area contributed by atoms with E-state index in [2.05, 4.69) is 39.7 Å². The zero-order valence-electron chi connectivity index (χ0n) is 10.1. The molecule has 0 aliphatic rings. The first kappa shape index (κ1) is 12.5. The minimum atomic E-state index is 0.348. The molecular formula is C13H14N4S. The average molecular weight is 258 g/mol. The van der Waals surface area contributed by atoms with Crippen molar-refractivity contribution in [2.45, 2.75) is 13.3 Å². The molecule has 2 aromatic heterocycles. The van der Waals surface area contributed by atoms with Crippen LogP contribution in [0.15, 0.2) is 29.9 Å². The van der Waals surface area contributed by atoms with Crippen LogP contribution in [0.2, 0.25) is 0 Å². The molecule has 0 aliphatic heterocycles. The maximum Gasteiger partial charge on any atom is 0.182 e. The summed E-state index contributed by atoms with van der Waals surface area (Å²) in [6.45, 7) is 2.96. The molecule has 2 rings (SSSR count). The molecule has 0 amide bonds. The minimum Gasteiger partial charge on any atom is -0.367 e. The molecule has 0 aliphatic carbocycles. The third-order valence-electron chi connectivity index (χ3n) is 2.55. The molecule has 4 nitrogen and oxygen atoms in total. The topological polar surface area (TPSA) is 61.6 Å². The van der Waals surface area contributed by atoms with Crippen molar-refractivity contribution < 1.29 is 0 Å². The molecule has 1 N–H and O–H groups in total. The number of anilines is 1. The molecule has 0 aromatic carbocycles. The largest absolute Gasteiger partial charge is 0.367 e. The number of thiophene rings is 1. The van der Waals surface area contributed by atoms with E-state index in [0.29, 0.717) is 17.4 Å². The molecule has 2 heterocycles. The van der Waals surface area contributed by atoms with E-state index in [0.717, 1.165) is 13.0 Å². The van der Waals surface area contributed by atoms with Gasteiger partial charge in [-0.15, -0.1) is 11.3 Å². The SMILES string of the molecule is C[C@H](CNc1nccnc1C#N)Cc1cccs1. The summed E-state index contributed by atoms with van der Waals surface area (Å²) in [5.41, 5.74) is 0.348. The van der Waals surface area contributed by atoms with Crippen molar-refractivity contribution in [1.29, 1.82) is 5.26 Å². The Morgan fingerprint density at radius 2 is 2.28 bits per heavy atom. The van der Waals surface area contributed by atoms with Crippen LogP contribution in [0, 0.1) is 17.2 Å². The fourth-order valence-corrected chi connectivity index (χ4v) is 2.53. The molecule has 2 aromatic rings. The molecule has 0 spiro atoms. The second kappa shape index (κ2) is 6.12. The maximum absolute atomic E-state index is 8.90. The summed E-state index contributed by atoms with van der Waals surface area (Å²) in [7, 11) is 0. The van der Waals surface area contributed by atoms with E-state index >= 15 is 0 Å². The minimum absolute atomic E-state index is 0.348. The monoisotopic (exact) mass is 258 g/mol. The molecule has 18 heavy (non-hydrogen) atoms. The van der Waals surface area contributed by atoms with Gasteiger partial charge < -0.3 is 5.32 Å². The van der Waals surface area contributed by atoms with Gasteiger partial charge in [0.05, 0.1) is 0 Å². The van der Waals surface area contributed by atoms with Gasteiger partial charge in [0.15, 0.2) is 11.5 Å². The Kier molecular flexibility index (Phi) is 4.26. The van der Waals surface area contributed by atoms with Gasteiger partial charge in [-0.05, 0) is 23.8 Å². The first-order chi connectivity index (χ1) is 8.79. The van der Waals surface area contributed by atoms with Crippen LogP contribution in [0.1, 0.15) is 17.5 Å². The van der Waals surface area contributed by atoms with Crippen molar-refractivity contribution in [3.05, 3.63) is 40.5 Å². The molecule has 0 bridgehead atoms. The molecule has 5 heteroatoms. The van der Waals surface area contributed by atoms with Gasteiger partial charge in [0.2, 0.25) is 0 Å². The summed E-state index contributed by atoms with van der Waals surface area (Å²) < 4.78 is 0. The first-order valence-electron chi connectivity index (χ1n) is 5.77. The average Bonchev–Trinajstić information content (AvgIpc) is 2.89. The van der Waals surface area contributed by atoms with E-state index in [1.165, 1.54) is 11.1 Å².